The van der Waals surface area contributed by atoms with Crippen LogP contribution in [-0.4, -0.2) is 50.4 Å². The highest BCUT2D eigenvalue weighted by molar-refractivity contribution is 7.90. The van der Waals surface area contributed by atoms with Crippen molar-refractivity contribution in [3.63, 3.8) is 0 Å². The van der Waals surface area contributed by atoms with Crippen molar-refractivity contribution in [1.82, 2.24) is 9.97 Å². The molecule has 6 nitrogen and oxygen atoms in total. The first-order valence-corrected chi connectivity index (χ1v) is 11.9. The van der Waals surface area contributed by atoms with Crippen LogP contribution in [0.25, 0.3) is 22.5 Å². The summed E-state index contributed by atoms with van der Waals surface area (Å²) >= 11 is 0. The van der Waals surface area contributed by atoms with Crippen LogP contribution in [0.3, 0.4) is 0 Å². The van der Waals surface area contributed by atoms with Crippen LogP contribution in [0.2, 0.25) is 0 Å². The molecule has 1 saturated heterocycles. The Balaban J connectivity index is 1.94. The molecule has 1 aromatic heterocycles. The lowest BCUT2D eigenvalue weighted by Crippen LogP contribution is -2.44. The molecule has 0 N–H and O–H groups in total. The summed E-state index contributed by atoms with van der Waals surface area (Å²) in [6, 6.07) is 13.3. The second-order valence-electron chi connectivity index (χ2n) is 7.83. The monoisotopic (exact) mass is 441 g/mol. The van der Waals surface area contributed by atoms with Crippen molar-refractivity contribution in [2.45, 2.75) is 24.8 Å². The first-order chi connectivity index (χ1) is 14.7. The highest BCUT2D eigenvalue weighted by Gasteiger charge is 2.24. The number of aryl methyl sites for hydroxylation is 1. The zero-order valence-corrected chi connectivity index (χ0v) is 18.5. The summed E-state index contributed by atoms with van der Waals surface area (Å²) in [4.78, 5) is 11.5. The number of hydrogen-bond acceptors (Lipinski definition) is 6. The molecule has 0 bridgehead atoms. The predicted molar refractivity (Wildman–Crippen MR) is 118 cm³/mol. The minimum absolute atomic E-state index is 0.0310. The molecule has 0 radical (unpaired) electrons. The van der Waals surface area contributed by atoms with E-state index in [-0.39, 0.29) is 16.5 Å². The first kappa shape index (κ1) is 21.4. The average molecular weight is 442 g/mol. The molecule has 162 valence electrons. The van der Waals surface area contributed by atoms with Gasteiger partial charge >= 0.3 is 0 Å². The van der Waals surface area contributed by atoms with Crippen molar-refractivity contribution in [3.8, 4) is 22.5 Å². The lowest BCUT2D eigenvalue weighted by atomic mass is 10.1. The highest BCUT2D eigenvalue weighted by atomic mass is 32.2. The molecule has 2 heterocycles. The van der Waals surface area contributed by atoms with E-state index in [0.29, 0.717) is 37.1 Å². The quantitative estimate of drug-likeness (QED) is 0.572. The lowest BCUT2D eigenvalue weighted by molar-refractivity contribution is 0.0981. The van der Waals surface area contributed by atoms with Crippen LogP contribution in [0.1, 0.15) is 12.5 Å². The topological polar surface area (TPSA) is 72.4 Å². The minimum atomic E-state index is -3.59. The summed E-state index contributed by atoms with van der Waals surface area (Å²) in [6.45, 7) is 5.72. The molecule has 1 fully saturated rings. The molecule has 2 aromatic carbocycles. The SMILES string of the molecule is Cc1ccc(-c2cc(-c3cc(F)ccc3S(C)(=O)=O)nc(N3CCOCC3C)n2)cc1. The molecule has 0 aliphatic carbocycles. The molecule has 4 rings (SSSR count). The van der Waals surface area contributed by atoms with E-state index in [1.165, 1.54) is 12.1 Å². The molecule has 0 saturated carbocycles. The number of aromatic nitrogens is 2. The maximum atomic E-state index is 14.1. The van der Waals surface area contributed by atoms with Gasteiger partial charge < -0.3 is 9.64 Å². The van der Waals surface area contributed by atoms with Crippen molar-refractivity contribution >= 4 is 15.8 Å². The van der Waals surface area contributed by atoms with Gasteiger partial charge in [0.25, 0.3) is 0 Å². The Bertz CT molecular complexity index is 1210. The normalized spacial score (nSPS) is 17.0. The van der Waals surface area contributed by atoms with E-state index < -0.39 is 15.7 Å². The number of anilines is 1. The third-order valence-electron chi connectivity index (χ3n) is 5.30. The van der Waals surface area contributed by atoms with E-state index in [0.717, 1.165) is 23.4 Å². The molecule has 1 unspecified atom stereocenters. The van der Waals surface area contributed by atoms with Gasteiger partial charge in [-0.25, -0.2) is 22.8 Å². The smallest absolute Gasteiger partial charge is 0.226 e. The van der Waals surface area contributed by atoms with Crippen molar-refractivity contribution in [2.75, 3.05) is 30.9 Å². The number of benzene rings is 2. The van der Waals surface area contributed by atoms with E-state index in [1.807, 2.05) is 43.0 Å². The molecule has 31 heavy (non-hydrogen) atoms. The zero-order valence-electron chi connectivity index (χ0n) is 17.7. The van der Waals surface area contributed by atoms with Crippen LogP contribution in [0, 0.1) is 12.7 Å². The Morgan fingerprint density at radius 3 is 2.45 bits per heavy atom. The van der Waals surface area contributed by atoms with Crippen LogP contribution >= 0.6 is 0 Å². The van der Waals surface area contributed by atoms with Crippen LogP contribution in [0.4, 0.5) is 10.3 Å². The Morgan fingerprint density at radius 1 is 1.06 bits per heavy atom. The van der Waals surface area contributed by atoms with Gasteiger partial charge in [0.05, 0.1) is 35.5 Å². The number of nitrogens with zero attached hydrogens (tertiary/aromatic N) is 3. The maximum absolute atomic E-state index is 14.1. The zero-order chi connectivity index (χ0) is 22.2. The third-order valence-corrected chi connectivity index (χ3v) is 6.46. The molecule has 1 atom stereocenters. The van der Waals surface area contributed by atoms with Crippen molar-refractivity contribution in [3.05, 3.63) is 59.9 Å². The second-order valence-corrected chi connectivity index (χ2v) is 9.82. The molecule has 1 aliphatic heterocycles. The van der Waals surface area contributed by atoms with Crippen LogP contribution in [-0.2, 0) is 14.6 Å². The van der Waals surface area contributed by atoms with Gasteiger partial charge in [-0.1, -0.05) is 29.8 Å². The fourth-order valence-electron chi connectivity index (χ4n) is 3.62. The largest absolute Gasteiger partial charge is 0.377 e. The van der Waals surface area contributed by atoms with Gasteiger partial charge in [-0.15, -0.1) is 0 Å². The van der Waals surface area contributed by atoms with Gasteiger partial charge in [0.15, 0.2) is 9.84 Å². The molecule has 8 heteroatoms. The second kappa shape index (κ2) is 8.36. The van der Waals surface area contributed by atoms with Crippen molar-refractivity contribution in [1.29, 1.82) is 0 Å². The predicted octanol–water partition coefficient (Wildman–Crippen LogP) is 3.89. The Morgan fingerprint density at radius 2 is 1.77 bits per heavy atom. The van der Waals surface area contributed by atoms with Crippen molar-refractivity contribution < 1.29 is 17.5 Å². The fourth-order valence-corrected chi connectivity index (χ4v) is 4.50. The summed E-state index contributed by atoms with van der Waals surface area (Å²) in [5, 5.41) is 0. The number of halogens is 1. The summed E-state index contributed by atoms with van der Waals surface area (Å²) in [7, 11) is -3.59. The average Bonchev–Trinajstić information content (AvgIpc) is 2.73. The van der Waals surface area contributed by atoms with Gasteiger partial charge in [0.2, 0.25) is 5.95 Å². The summed E-state index contributed by atoms with van der Waals surface area (Å²) in [6.07, 6.45) is 1.11. The van der Waals surface area contributed by atoms with Crippen LogP contribution < -0.4 is 4.90 Å². The number of ether oxygens (including phenoxy) is 1. The van der Waals surface area contributed by atoms with E-state index in [4.69, 9.17) is 9.72 Å². The van der Waals surface area contributed by atoms with Crippen LogP contribution in [0.15, 0.2) is 53.4 Å². The molecule has 0 spiro atoms. The van der Waals surface area contributed by atoms with Crippen molar-refractivity contribution in [2.24, 2.45) is 0 Å². The van der Waals surface area contributed by atoms with Gasteiger partial charge in [-0.05, 0) is 38.1 Å². The summed E-state index contributed by atoms with van der Waals surface area (Å²) < 4.78 is 44.4. The number of morpholine rings is 1. The summed E-state index contributed by atoms with van der Waals surface area (Å²) in [5.74, 6) is -0.0632. The Labute approximate surface area is 181 Å². The van der Waals surface area contributed by atoms with E-state index in [9.17, 15) is 12.8 Å². The maximum Gasteiger partial charge on any atom is 0.226 e. The van der Waals surface area contributed by atoms with E-state index >= 15 is 0 Å². The van der Waals surface area contributed by atoms with Gasteiger partial charge in [-0.2, -0.15) is 0 Å². The van der Waals surface area contributed by atoms with Gasteiger partial charge in [-0.3, -0.25) is 0 Å². The minimum Gasteiger partial charge on any atom is -0.377 e. The Hall–Kier alpha value is -2.84. The molecule has 1 aliphatic rings. The Kier molecular flexibility index (Phi) is 5.77. The first-order valence-electron chi connectivity index (χ1n) is 10.0. The van der Waals surface area contributed by atoms with E-state index in [2.05, 4.69) is 4.98 Å². The van der Waals surface area contributed by atoms with E-state index in [1.54, 1.807) is 6.07 Å². The fraction of sp³-hybridized carbons (Fsp3) is 0.304. The summed E-state index contributed by atoms with van der Waals surface area (Å²) in [5.41, 5.74) is 3.21. The molecule has 3 aromatic rings. The third kappa shape index (κ3) is 4.60. The molecule has 0 amide bonds. The van der Waals surface area contributed by atoms with Crippen LogP contribution in [0.5, 0.6) is 0 Å². The number of sulfone groups is 1. The van der Waals surface area contributed by atoms with Gasteiger partial charge in [0.1, 0.15) is 5.82 Å². The number of hydrogen-bond donors (Lipinski definition) is 0. The standard InChI is InChI=1S/C23H24FN3O3S/c1-15-4-6-17(7-5-15)20-13-21(19-12-18(24)8-9-22(19)31(3,28)29)26-23(25-20)27-10-11-30-14-16(27)2/h4-9,12-13,16H,10-11,14H2,1-3H3. The highest BCUT2D eigenvalue weighted by Crippen LogP contribution is 2.32. The number of rotatable bonds is 4. The van der Waals surface area contributed by atoms with Gasteiger partial charge in [0, 0.05) is 23.9 Å². The molecular weight excluding hydrogens is 417 g/mol. The lowest BCUT2D eigenvalue weighted by Gasteiger charge is -2.33. The molecular formula is C23H24FN3O3S.